The Labute approximate surface area is 106 Å². The molecule has 0 atom stereocenters. The van der Waals surface area contributed by atoms with Crippen molar-refractivity contribution in [3.63, 3.8) is 0 Å². The quantitative estimate of drug-likeness (QED) is 0.876. The zero-order valence-corrected chi connectivity index (χ0v) is 10.2. The van der Waals surface area contributed by atoms with Gasteiger partial charge in [0.1, 0.15) is 0 Å². The van der Waals surface area contributed by atoms with Crippen molar-refractivity contribution in [1.29, 1.82) is 0 Å². The van der Waals surface area contributed by atoms with Crippen LogP contribution in [0, 0.1) is 0 Å². The van der Waals surface area contributed by atoms with Crippen molar-refractivity contribution in [2.24, 2.45) is 0 Å². The van der Waals surface area contributed by atoms with E-state index in [9.17, 15) is 0 Å². The van der Waals surface area contributed by atoms with Gasteiger partial charge in [-0.05, 0) is 18.6 Å². The lowest BCUT2D eigenvalue weighted by Crippen LogP contribution is -1.99. The van der Waals surface area contributed by atoms with Crippen LogP contribution in [0.15, 0.2) is 36.7 Å². The molecule has 0 radical (unpaired) electrons. The van der Waals surface area contributed by atoms with E-state index in [0.717, 1.165) is 6.42 Å². The Bertz CT molecular complexity index is 500. The third-order valence-corrected chi connectivity index (χ3v) is 2.16. The van der Waals surface area contributed by atoms with E-state index in [1.807, 2.05) is 31.2 Å². The maximum absolute atomic E-state index is 5.58. The summed E-state index contributed by atoms with van der Waals surface area (Å²) in [6.45, 7) is 2.69. The summed E-state index contributed by atoms with van der Waals surface area (Å²) >= 11 is 0. The third-order valence-electron chi connectivity index (χ3n) is 2.16. The van der Waals surface area contributed by atoms with Crippen LogP contribution in [-0.4, -0.2) is 16.6 Å². The minimum atomic E-state index is 0.247. The number of aromatic nitrogens is 2. The second-order valence-electron chi connectivity index (χ2n) is 3.70. The van der Waals surface area contributed by atoms with Gasteiger partial charge >= 0.3 is 6.01 Å². The van der Waals surface area contributed by atoms with Crippen LogP contribution < -0.4 is 15.2 Å². The monoisotopic (exact) mass is 245 g/mol. The molecule has 18 heavy (non-hydrogen) atoms. The smallest absolute Gasteiger partial charge is 0.322 e. The number of para-hydroxylation sites is 2. The van der Waals surface area contributed by atoms with Crippen LogP contribution in [0.4, 0.5) is 5.69 Å². The summed E-state index contributed by atoms with van der Waals surface area (Å²) in [5.74, 6) is 1.27. The second kappa shape index (κ2) is 5.86. The largest absolute Gasteiger partial charge is 0.490 e. The number of rotatable bonds is 5. The van der Waals surface area contributed by atoms with Gasteiger partial charge in [0, 0.05) is 0 Å². The van der Waals surface area contributed by atoms with E-state index in [4.69, 9.17) is 15.2 Å². The average molecular weight is 245 g/mol. The standard InChI is InChI=1S/C13H15N3O2/c1-2-7-17-11-5-3-4-6-12(11)18-13-15-8-10(14)9-16-13/h3-6,8-9H,2,7,14H2,1H3. The lowest BCUT2D eigenvalue weighted by Gasteiger charge is -2.10. The fourth-order valence-electron chi connectivity index (χ4n) is 1.34. The summed E-state index contributed by atoms with van der Waals surface area (Å²) in [6, 6.07) is 7.66. The van der Waals surface area contributed by atoms with E-state index in [1.54, 1.807) is 0 Å². The predicted octanol–water partition coefficient (Wildman–Crippen LogP) is 2.64. The molecule has 1 aromatic heterocycles. The summed E-state index contributed by atoms with van der Waals surface area (Å²) in [7, 11) is 0. The highest BCUT2D eigenvalue weighted by Crippen LogP contribution is 2.29. The number of nitrogens with two attached hydrogens (primary N) is 1. The highest BCUT2D eigenvalue weighted by atomic mass is 16.5. The van der Waals surface area contributed by atoms with Crippen LogP contribution in [0.1, 0.15) is 13.3 Å². The van der Waals surface area contributed by atoms with E-state index in [1.165, 1.54) is 12.4 Å². The maximum Gasteiger partial charge on any atom is 0.322 e. The van der Waals surface area contributed by atoms with Gasteiger partial charge in [0.25, 0.3) is 0 Å². The number of nitrogen functional groups attached to an aromatic ring is 1. The molecule has 0 aliphatic carbocycles. The van der Waals surface area contributed by atoms with E-state index < -0.39 is 0 Å². The summed E-state index contributed by atoms with van der Waals surface area (Å²) in [6.07, 6.45) is 3.93. The maximum atomic E-state index is 5.58. The molecule has 2 rings (SSSR count). The SMILES string of the molecule is CCCOc1ccccc1Oc1ncc(N)cn1. The van der Waals surface area contributed by atoms with Gasteiger partial charge in [-0.2, -0.15) is 0 Å². The van der Waals surface area contributed by atoms with Gasteiger partial charge in [0.15, 0.2) is 11.5 Å². The lowest BCUT2D eigenvalue weighted by molar-refractivity contribution is 0.299. The molecule has 94 valence electrons. The molecule has 0 saturated heterocycles. The Morgan fingerprint density at radius 1 is 1.11 bits per heavy atom. The molecular weight excluding hydrogens is 230 g/mol. The first-order valence-corrected chi connectivity index (χ1v) is 5.77. The van der Waals surface area contributed by atoms with Crippen molar-refractivity contribution in [3.05, 3.63) is 36.7 Å². The minimum Gasteiger partial charge on any atom is -0.490 e. The Hall–Kier alpha value is -2.30. The minimum absolute atomic E-state index is 0.247. The molecule has 2 aromatic rings. The van der Waals surface area contributed by atoms with Crippen LogP contribution in [0.2, 0.25) is 0 Å². The number of hydrogen-bond donors (Lipinski definition) is 1. The van der Waals surface area contributed by atoms with Crippen molar-refractivity contribution in [2.75, 3.05) is 12.3 Å². The fraction of sp³-hybridized carbons (Fsp3) is 0.231. The molecular formula is C13H15N3O2. The predicted molar refractivity (Wildman–Crippen MR) is 68.7 cm³/mol. The summed E-state index contributed by atoms with van der Waals surface area (Å²) in [5, 5.41) is 0. The van der Waals surface area contributed by atoms with Gasteiger partial charge in [0.2, 0.25) is 0 Å². The zero-order chi connectivity index (χ0) is 12.8. The normalized spacial score (nSPS) is 10.1. The Morgan fingerprint density at radius 3 is 2.44 bits per heavy atom. The Kier molecular flexibility index (Phi) is 3.96. The van der Waals surface area contributed by atoms with E-state index >= 15 is 0 Å². The molecule has 0 spiro atoms. The molecule has 0 fully saturated rings. The number of hydrogen-bond acceptors (Lipinski definition) is 5. The van der Waals surface area contributed by atoms with E-state index in [2.05, 4.69) is 9.97 Å². The Balaban J connectivity index is 2.15. The molecule has 5 nitrogen and oxygen atoms in total. The van der Waals surface area contributed by atoms with Crippen LogP contribution in [-0.2, 0) is 0 Å². The van der Waals surface area contributed by atoms with Crippen molar-refractivity contribution in [1.82, 2.24) is 9.97 Å². The van der Waals surface area contributed by atoms with Crippen molar-refractivity contribution >= 4 is 5.69 Å². The fourth-order valence-corrected chi connectivity index (χ4v) is 1.34. The first kappa shape index (κ1) is 12.2. The second-order valence-corrected chi connectivity index (χ2v) is 3.70. The first-order chi connectivity index (χ1) is 8.79. The van der Waals surface area contributed by atoms with Gasteiger partial charge in [-0.15, -0.1) is 0 Å². The number of benzene rings is 1. The van der Waals surface area contributed by atoms with Crippen LogP contribution in [0.25, 0.3) is 0 Å². The number of anilines is 1. The first-order valence-electron chi connectivity index (χ1n) is 5.77. The van der Waals surface area contributed by atoms with Crippen LogP contribution >= 0.6 is 0 Å². The molecule has 0 amide bonds. The van der Waals surface area contributed by atoms with Crippen molar-refractivity contribution in [2.45, 2.75) is 13.3 Å². The van der Waals surface area contributed by atoms with E-state index in [0.29, 0.717) is 23.8 Å². The molecule has 2 N–H and O–H groups in total. The lowest BCUT2D eigenvalue weighted by atomic mass is 10.3. The van der Waals surface area contributed by atoms with Gasteiger partial charge in [-0.25, -0.2) is 9.97 Å². The molecule has 0 bridgehead atoms. The molecule has 1 heterocycles. The molecule has 0 saturated carbocycles. The average Bonchev–Trinajstić information content (AvgIpc) is 2.40. The topological polar surface area (TPSA) is 70.3 Å². The summed E-state index contributed by atoms with van der Waals surface area (Å²) in [4.78, 5) is 7.96. The van der Waals surface area contributed by atoms with Crippen molar-refractivity contribution < 1.29 is 9.47 Å². The summed E-state index contributed by atoms with van der Waals surface area (Å²) < 4.78 is 11.1. The number of ether oxygens (including phenoxy) is 2. The third kappa shape index (κ3) is 3.10. The molecule has 0 aliphatic rings. The molecule has 0 unspecified atom stereocenters. The van der Waals surface area contributed by atoms with Crippen LogP contribution in [0.3, 0.4) is 0 Å². The zero-order valence-electron chi connectivity index (χ0n) is 10.2. The van der Waals surface area contributed by atoms with Crippen molar-refractivity contribution in [3.8, 4) is 17.5 Å². The van der Waals surface area contributed by atoms with E-state index in [-0.39, 0.29) is 6.01 Å². The summed E-state index contributed by atoms with van der Waals surface area (Å²) in [5.41, 5.74) is 6.01. The van der Waals surface area contributed by atoms with Gasteiger partial charge < -0.3 is 15.2 Å². The highest BCUT2D eigenvalue weighted by molar-refractivity contribution is 5.41. The molecule has 5 heteroatoms. The Morgan fingerprint density at radius 2 is 1.78 bits per heavy atom. The number of nitrogens with zero attached hydrogens (tertiary/aromatic N) is 2. The molecule has 1 aromatic carbocycles. The van der Waals surface area contributed by atoms with Gasteiger partial charge in [0.05, 0.1) is 24.7 Å². The van der Waals surface area contributed by atoms with Gasteiger partial charge in [-0.3, -0.25) is 0 Å². The highest BCUT2D eigenvalue weighted by Gasteiger charge is 2.06. The molecule has 0 aliphatic heterocycles. The van der Waals surface area contributed by atoms with Gasteiger partial charge in [-0.1, -0.05) is 19.1 Å². The van der Waals surface area contributed by atoms with Crippen LogP contribution in [0.5, 0.6) is 17.5 Å².